The number of fused-ring (bicyclic) bond motifs is 4. The number of ether oxygens (including phenoxy) is 1. The normalized spacial score (nSPS) is 17.4. The number of pyridine rings is 1. The summed E-state index contributed by atoms with van der Waals surface area (Å²) in [5.41, 5.74) is 5.95. The molecule has 0 radical (unpaired) electrons. The number of aliphatic hydroxyl groups excluding tert-OH is 1. The number of aryl methyl sites for hydroxylation is 1. The number of rotatable bonds is 8. The van der Waals surface area contributed by atoms with E-state index in [1.807, 2.05) is 16.8 Å². The Labute approximate surface area is 261 Å². The fraction of sp³-hybridized carbons (Fsp3) is 0.469. The number of carbonyl (C=O) groups excluding carboxylic acids is 1. The molecular formula is C32H39N9O4. The van der Waals surface area contributed by atoms with Crippen LogP contribution in [-0.2, 0) is 50.9 Å². The lowest BCUT2D eigenvalue weighted by atomic mass is 9.90. The van der Waals surface area contributed by atoms with Gasteiger partial charge in [0.25, 0.3) is 11.5 Å². The maximum absolute atomic E-state index is 13.8. The van der Waals surface area contributed by atoms with E-state index in [-0.39, 0.29) is 23.5 Å². The van der Waals surface area contributed by atoms with Crippen LogP contribution in [0.2, 0.25) is 0 Å². The molecule has 0 atom stereocenters. The summed E-state index contributed by atoms with van der Waals surface area (Å²) in [7, 11) is 3.29. The molecule has 0 fully saturated rings. The number of aliphatic hydroxyl groups is 1. The number of amides is 1. The molecule has 7 rings (SSSR count). The van der Waals surface area contributed by atoms with Crippen molar-refractivity contribution in [2.45, 2.75) is 52.9 Å². The topological polar surface area (TPSA) is 136 Å². The van der Waals surface area contributed by atoms with Crippen LogP contribution in [-0.4, -0.2) is 78.4 Å². The van der Waals surface area contributed by atoms with Gasteiger partial charge < -0.3 is 19.7 Å². The first-order valence-corrected chi connectivity index (χ1v) is 15.4. The van der Waals surface area contributed by atoms with Gasteiger partial charge in [0, 0.05) is 76.0 Å². The van der Waals surface area contributed by atoms with Crippen LogP contribution in [0, 0.1) is 5.41 Å². The zero-order chi connectivity index (χ0) is 31.5. The molecule has 45 heavy (non-hydrogen) atoms. The number of hydrogen-bond acceptors (Lipinski definition) is 9. The van der Waals surface area contributed by atoms with Crippen LogP contribution >= 0.6 is 0 Å². The number of methoxy groups -OCH3 is 1. The van der Waals surface area contributed by atoms with Gasteiger partial charge in [0.2, 0.25) is 0 Å². The second-order valence-electron chi connectivity index (χ2n) is 13.0. The van der Waals surface area contributed by atoms with Crippen molar-refractivity contribution in [3.8, 4) is 11.3 Å². The van der Waals surface area contributed by atoms with Crippen LogP contribution in [0.25, 0.3) is 11.3 Å². The monoisotopic (exact) mass is 613 g/mol. The minimum absolute atomic E-state index is 0.131. The molecule has 3 aliphatic rings. The van der Waals surface area contributed by atoms with E-state index >= 15 is 0 Å². The summed E-state index contributed by atoms with van der Waals surface area (Å²) in [5, 5.41) is 23.0. The van der Waals surface area contributed by atoms with Gasteiger partial charge in [-0.2, -0.15) is 10.2 Å². The summed E-state index contributed by atoms with van der Waals surface area (Å²) in [5.74, 6) is 0.842. The maximum Gasteiger partial charge on any atom is 0.290 e. The standard InChI is InChI=1S/C32H39N9O4/c1-32(2)16-20-13-26-31(44)40(9-8-39(26)27(20)17-32)29-23(19-42)22(5-6-33-29)24-15-25(30(43)37(3)35-24)34-28-14-21-18-38(11-12-45-4)7-10-41(21)36-28/h5-6,13-15,42H,7-12,16-19H2,1-4H3,(H,34,36). The molecule has 0 spiro atoms. The quantitative estimate of drug-likeness (QED) is 0.307. The minimum atomic E-state index is -0.353. The van der Waals surface area contributed by atoms with Crippen molar-refractivity contribution in [1.29, 1.82) is 0 Å². The average Bonchev–Trinajstić information content (AvgIpc) is 3.67. The molecule has 13 nitrogen and oxygen atoms in total. The highest BCUT2D eigenvalue weighted by molar-refractivity contribution is 6.06. The highest BCUT2D eigenvalue weighted by Gasteiger charge is 2.37. The molecule has 2 N–H and O–H groups in total. The molecule has 4 aromatic heterocycles. The third-order valence-corrected chi connectivity index (χ3v) is 9.16. The van der Waals surface area contributed by atoms with Crippen molar-refractivity contribution < 1.29 is 14.6 Å². The predicted octanol–water partition coefficient (Wildman–Crippen LogP) is 2.32. The second-order valence-corrected chi connectivity index (χ2v) is 13.0. The summed E-state index contributed by atoms with van der Waals surface area (Å²) >= 11 is 0. The summed E-state index contributed by atoms with van der Waals surface area (Å²) < 4.78 is 10.6. The Hall–Kier alpha value is -4.33. The van der Waals surface area contributed by atoms with E-state index in [4.69, 9.17) is 4.74 Å². The SMILES string of the molecule is COCCN1CCn2nc(Nc3cc(-c4ccnc(N5CCn6c(cc7c6CC(C)(C)C7)C5=O)c4CO)nn(C)c3=O)cc2C1. The van der Waals surface area contributed by atoms with Gasteiger partial charge in [-0.05, 0) is 42.0 Å². The van der Waals surface area contributed by atoms with Gasteiger partial charge in [0.05, 0.1) is 31.1 Å². The Bertz CT molecular complexity index is 1850. The Morgan fingerprint density at radius 3 is 2.71 bits per heavy atom. The molecular weight excluding hydrogens is 574 g/mol. The predicted molar refractivity (Wildman–Crippen MR) is 169 cm³/mol. The molecule has 1 aliphatic carbocycles. The van der Waals surface area contributed by atoms with E-state index in [9.17, 15) is 14.7 Å². The zero-order valence-corrected chi connectivity index (χ0v) is 26.2. The Morgan fingerprint density at radius 1 is 1.07 bits per heavy atom. The lowest BCUT2D eigenvalue weighted by Gasteiger charge is -2.30. The van der Waals surface area contributed by atoms with Crippen molar-refractivity contribution in [1.82, 2.24) is 34.0 Å². The van der Waals surface area contributed by atoms with Gasteiger partial charge in [-0.3, -0.25) is 24.1 Å². The number of aromatic nitrogens is 6. The highest BCUT2D eigenvalue weighted by Crippen LogP contribution is 2.40. The molecule has 13 heteroatoms. The fourth-order valence-electron chi connectivity index (χ4n) is 6.98. The number of hydrogen-bond donors (Lipinski definition) is 2. The smallest absolute Gasteiger partial charge is 0.290 e. The molecule has 2 aliphatic heterocycles. The molecule has 0 aromatic carbocycles. The summed E-state index contributed by atoms with van der Waals surface area (Å²) in [6.45, 7) is 9.15. The first-order valence-electron chi connectivity index (χ1n) is 15.4. The van der Waals surface area contributed by atoms with Crippen molar-refractivity contribution in [3.63, 3.8) is 0 Å². The van der Waals surface area contributed by atoms with E-state index in [1.54, 1.807) is 37.4 Å². The third kappa shape index (κ3) is 5.24. The molecule has 0 unspecified atom stereocenters. The van der Waals surface area contributed by atoms with Crippen LogP contribution in [0.5, 0.6) is 0 Å². The van der Waals surface area contributed by atoms with Crippen molar-refractivity contribution >= 4 is 23.2 Å². The van der Waals surface area contributed by atoms with Gasteiger partial charge in [0.15, 0.2) is 5.82 Å². The van der Waals surface area contributed by atoms with Crippen molar-refractivity contribution in [2.24, 2.45) is 12.5 Å². The Morgan fingerprint density at radius 2 is 1.91 bits per heavy atom. The number of anilines is 3. The molecule has 1 amide bonds. The van der Waals surface area contributed by atoms with Gasteiger partial charge in [-0.1, -0.05) is 13.8 Å². The molecule has 236 valence electrons. The summed E-state index contributed by atoms with van der Waals surface area (Å²) in [6.07, 6.45) is 3.52. The van der Waals surface area contributed by atoms with Crippen molar-refractivity contribution in [2.75, 3.05) is 43.6 Å². The molecule has 0 saturated carbocycles. The van der Waals surface area contributed by atoms with Gasteiger partial charge >= 0.3 is 0 Å². The van der Waals surface area contributed by atoms with Crippen LogP contribution < -0.4 is 15.8 Å². The second kappa shape index (κ2) is 11.2. The van der Waals surface area contributed by atoms with E-state index in [1.165, 1.54) is 15.9 Å². The van der Waals surface area contributed by atoms with Gasteiger partial charge in [0.1, 0.15) is 17.2 Å². The number of nitrogens with zero attached hydrogens (tertiary/aromatic N) is 8. The summed E-state index contributed by atoms with van der Waals surface area (Å²) in [4.78, 5) is 35.5. The third-order valence-electron chi connectivity index (χ3n) is 9.16. The molecule has 0 bridgehead atoms. The van der Waals surface area contributed by atoms with E-state index in [2.05, 4.69) is 43.8 Å². The van der Waals surface area contributed by atoms with E-state index in [0.717, 1.165) is 44.7 Å². The van der Waals surface area contributed by atoms with Crippen LogP contribution in [0.1, 0.15) is 46.9 Å². The summed E-state index contributed by atoms with van der Waals surface area (Å²) in [6, 6.07) is 7.40. The number of carbonyl (C=O) groups is 1. The molecule has 4 aromatic rings. The van der Waals surface area contributed by atoms with E-state index < -0.39 is 0 Å². The lowest BCUT2D eigenvalue weighted by molar-refractivity contribution is 0.0962. The minimum Gasteiger partial charge on any atom is -0.392 e. The van der Waals surface area contributed by atoms with E-state index in [0.29, 0.717) is 59.5 Å². The number of nitrogens with one attached hydrogen (secondary N) is 1. The zero-order valence-electron chi connectivity index (χ0n) is 26.2. The van der Waals surface area contributed by atoms with Crippen LogP contribution in [0.15, 0.2) is 35.3 Å². The first-order chi connectivity index (χ1) is 21.7. The van der Waals surface area contributed by atoms with Gasteiger partial charge in [-0.25, -0.2) is 9.67 Å². The fourth-order valence-corrected chi connectivity index (χ4v) is 6.98. The molecule has 6 heterocycles. The lowest BCUT2D eigenvalue weighted by Crippen LogP contribution is -2.41. The largest absolute Gasteiger partial charge is 0.392 e. The van der Waals surface area contributed by atoms with Crippen LogP contribution in [0.3, 0.4) is 0 Å². The molecule has 0 saturated heterocycles. The van der Waals surface area contributed by atoms with Gasteiger partial charge in [-0.15, -0.1) is 0 Å². The highest BCUT2D eigenvalue weighted by atomic mass is 16.5. The Kier molecular flexibility index (Phi) is 7.34. The first kappa shape index (κ1) is 29.4. The maximum atomic E-state index is 13.8. The Balaban J connectivity index is 1.18. The van der Waals surface area contributed by atoms with Crippen molar-refractivity contribution in [3.05, 3.63) is 69.0 Å². The van der Waals surface area contributed by atoms with Crippen LogP contribution in [0.4, 0.5) is 17.3 Å². The average molecular weight is 614 g/mol.